The van der Waals surface area contributed by atoms with Crippen LogP contribution in [-0.2, 0) is 184 Å². The Hall–Kier alpha value is 3.72. The largest absolute Gasteiger partial charge is 3.00 e. The maximum Gasteiger partial charge on any atom is 3.00 e. The van der Waals surface area contributed by atoms with Gasteiger partial charge in [0.1, 0.15) is 0 Å². The van der Waals surface area contributed by atoms with E-state index in [1.165, 1.54) is 0 Å². The van der Waals surface area contributed by atoms with E-state index >= 15 is 0 Å². The Labute approximate surface area is 182 Å². The van der Waals surface area contributed by atoms with Crippen molar-refractivity contribution in [2.45, 2.75) is 0 Å². The Bertz CT molecular complexity index is 33.0. The molecule has 0 amide bonds. The van der Waals surface area contributed by atoms with Crippen LogP contribution in [0.4, 0.5) is 0 Å². The van der Waals surface area contributed by atoms with Gasteiger partial charge in [-0.15, -0.1) is 0 Å². The van der Waals surface area contributed by atoms with E-state index in [9.17, 15) is 0 Å². The molecule has 0 aromatic rings. The van der Waals surface area contributed by atoms with E-state index in [1.54, 1.807) is 0 Å². The summed E-state index contributed by atoms with van der Waals surface area (Å²) in [6.45, 7) is 0. The predicted octanol–water partition coefficient (Wildman–Crippen LogP) is -1.09. The minimum absolute atomic E-state index is 0. The molecule has 0 unspecified atom stereocenters. The van der Waals surface area contributed by atoms with Gasteiger partial charge in [-0.3, -0.25) is 0 Å². The standard InChI is InChI=1S/2Co.2Fe.2Mn.2Ni.9O/q2*+2;2*+3;4*+2;9*-2. The molecule has 0 aliphatic heterocycles. The third kappa shape index (κ3) is 448. The van der Waals surface area contributed by atoms with E-state index < -0.39 is 0 Å². The van der Waals surface area contributed by atoms with Gasteiger partial charge in [0.15, 0.2) is 0 Å². The van der Waals surface area contributed by atoms with Crippen LogP contribution in [0.5, 0.6) is 0 Å². The minimum atomic E-state index is 0. The van der Waals surface area contributed by atoms with E-state index in [1.807, 2.05) is 0 Å². The monoisotopic (exact) mass is 599 g/mol. The average Bonchev–Trinajstić information content (AvgIpc) is 0. The molecule has 0 N–H and O–H groups in total. The second-order valence-electron chi connectivity index (χ2n) is 0. The zero-order valence-corrected chi connectivity index (χ0v) is 15.1. The van der Waals surface area contributed by atoms with Gasteiger partial charge in [0, 0.05) is 0 Å². The van der Waals surface area contributed by atoms with Crippen LogP contribution in [0.2, 0.25) is 0 Å². The normalized spacial score (nSPS) is 0. The molecule has 0 aromatic heterocycles. The third-order valence-corrected chi connectivity index (χ3v) is 0. The van der Waals surface area contributed by atoms with Gasteiger partial charge >= 0.3 is 135 Å². The summed E-state index contributed by atoms with van der Waals surface area (Å²) in [6, 6.07) is 0. The van der Waals surface area contributed by atoms with Crippen molar-refractivity contribution in [3.05, 3.63) is 0 Å². The Kier molecular flexibility index (Phi) is 17100. The molecule has 6 radical (unpaired) electrons. The van der Waals surface area contributed by atoms with Gasteiger partial charge in [-0.25, -0.2) is 0 Å². The molecule has 0 fully saturated rings. The van der Waals surface area contributed by atoms with E-state index in [-0.39, 0.29) is 184 Å². The van der Waals surface area contributed by atoms with Gasteiger partial charge in [0.2, 0.25) is 0 Å². The quantitative estimate of drug-likeness (QED) is 0.300. The summed E-state index contributed by atoms with van der Waals surface area (Å²) >= 11 is 0. The van der Waals surface area contributed by atoms with Gasteiger partial charge < -0.3 is 49.3 Å². The first-order valence-corrected chi connectivity index (χ1v) is 0. The summed E-state index contributed by atoms with van der Waals surface area (Å²) in [5.41, 5.74) is 0. The molecular weight excluding hydrogens is 601 g/mol. The molecule has 0 saturated carbocycles. The van der Waals surface area contributed by atoms with Gasteiger partial charge in [-0.05, 0) is 0 Å². The van der Waals surface area contributed by atoms with E-state index in [2.05, 4.69) is 0 Å². The number of hydrogen-bond acceptors (Lipinski definition) is 0. The summed E-state index contributed by atoms with van der Waals surface area (Å²) in [5.74, 6) is 0. The Balaban J connectivity index is 0. The van der Waals surface area contributed by atoms with Crippen LogP contribution < -0.4 is 0 Å². The van der Waals surface area contributed by atoms with Crippen molar-refractivity contribution in [3.8, 4) is 0 Å². The topological polar surface area (TPSA) is 256 Å². The fourth-order valence-electron chi connectivity index (χ4n) is 0. The van der Waals surface area contributed by atoms with Crippen LogP contribution in [0.15, 0.2) is 0 Å². The molecule has 0 saturated heterocycles. The fourth-order valence-corrected chi connectivity index (χ4v) is 0. The van der Waals surface area contributed by atoms with Crippen molar-refractivity contribution in [1.29, 1.82) is 0 Å². The molecule has 0 heterocycles. The molecule has 0 aliphatic rings. The fraction of sp³-hybridized carbons (Fsp3) is 0. The summed E-state index contributed by atoms with van der Waals surface area (Å²) in [6.07, 6.45) is 0. The molecule has 17 heteroatoms. The zero-order chi connectivity index (χ0) is 0. The predicted molar refractivity (Wildman–Crippen MR) is 6.18 cm³/mol. The smallest absolute Gasteiger partial charge is 2.00 e. The molecule has 0 bridgehead atoms. The summed E-state index contributed by atoms with van der Waals surface area (Å²) in [7, 11) is 0. The first kappa shape index (κ1) is 583. The van der Waals surface area contributed by atoms with E-state index in [0.717, 1.165) is 0 Å². The van der Waals surface area contributed by atoms with Crippen molar-refractivity contribution in [2.75, 3.05) is 0 Å². The van der Waals surface area contributed by atoms with Crippen LogP contribution in [0.1, 0.15) is 0 Å². The maximum atomic E-state index is 0. The zero-order valence-electron chi connectivity index (χ0n) is 6.44. The minimum Gasteiger partial charge on any atom is -2.00 e. The van der Waals surface area contributed by atoms with Gasteiger partial charge in [0.25, 0.3) is 0 Å². The molecule has 0 rings (SSSR count). The molecule has 122 valence electrons. The van der Waals surface area contributed by atoms with Crippen molar-refractivity contribution in [3.63, 3.8) is 0 Å². The van der Waals surface area contributed by atoms with Crippen molar-refractivity contribution in [1.82, 2.24) is 0 Å². The Morgan fingerprint density at radius 1 is 0.294 bits per heavy atom. The van der Waals surface area contributed by atoms with Crippen LogP contribution in [0.3, 0.4) is 0 Å². The van der Waals surface area contributed by atoms with E-state index in [4.69, 9.17) is 0 Å². The van der Waals surface area contributed by atoms with Crippen LogP contribution >= 0.6 is 0 Å². The summed E-state index contributed by atoms with van der Waals surface area (Å²) in [4.78, 5) is 0. The number of hydrogen-bond donors (Lipinski definition) is 0. The molecule has 0 aromatic carbocycles. The maximum absolute atomic E-state index is 0. The molecular formula is Co2Fe2Mn2Ni2O9. The van der Waals surface area contributed by atoms with Crippen molar-refractivity contribution < 1.29 is 184 Å². The van der Waals surface area contributed by atoms with Crippen LogP contribution in [-0.4, -0.2) is 0 Å². The van der Waals surface area contributed by atoms with Crippen molar-refractivity contribution >= 4 is 0 Å². The Morgan fingerprint density at radius 3 is 0.294 bits per heavy atom. The van der Waals surface area contributed by atoms with Gasteiger partial charge in [0.05, 0.1) is 0 Å². The van der Waals surface area contributed by atoms with E-state index in [0.29, 0.717) is 0 Å². The molecule has 0 spiro atoms. The summed E-state index contributed by atoms with van der Waals surface area (Å²) in [5, 5.41) is 0. The first-order valence-electron chi connectivity index (χ1n) is 0. The van der Waals surface area contributed by atoms with Gasteiger partial charge in [-0.2, -0.15) is 0 Å². The van der Waals surface area contributed by atoms with Crippen LogP contribution in [0.25, 0.3) is 0 Å². The Morgan fingerprint density at radius 2 is 0.294 bits per heavy atom. The van der Waals surface area contributed by atoms with Crippen molar-refractivity contribution in [2.24, 2.45) is 0 Å². The second-order valence-corrected chi connectivity index (χ2v) is 0. The first-order chi connectivity index (χ1) is 0. The second kappa shape index (κ2) is 500. The molecule has 0 aliphatic carbocycles. The third-order valence-electron chi connectivity index (χ3n) is 0. The summed E-state index contributed by atoms with van der Waals surface area (Å²) < 4.78 is 0. The van der Waals surface area contributed by atoms with Crippen LogP contribution in [0, 0.1) is 0 Å². The SMILES string of the molecule is [Co+2].[Co+2].[Fe+3].[Fe+3].[Mn+2].[Mn+2].[Ni+2].[Ni+2].[O-2].[O-2].[O-2].[O-2].[O-2].[O-2].[O-2].[O-2].[O-2]. The number of rotatable bonds is 0. The molecule has 0 atom stereocenters. The molecule has 9 nitrogen and oxygen atoms in total. The molecule has 17 heavy (non-hydrogen) atoms. The average molecular weight is 601 g/mol. The van der Waals surface area contributed by atoms with Gasteiger partial charge in [-0.1, -0.05) is 0 Å².